The summed E-state index contributed by atoms with van der Waals surface area (Å²) in [6.45, 7) is 12.0. The largest absolute Gasteiger partial charge is 0.469 e. The number of rotatable bonds is 5. The zero-order chi connectivity index (χ0) is 13.3. The second kappa shape index (κ2) is 5.10. The van der Waals surface area contributed by atoms with E-state index in [0.717, 1.165) is 19.4 Å². The third-order valence-corrected chi connectivity index (χ3v) is 8.72. The second-order valence-electron chi connectivity index (χ2n) is 6.52. The van der Waals surface area contributed by atoms with Gasteiger partial charge in [0.1, 0.15) is 0 Å². The fourth-order valence-corrected chi connectivity index (χ4v) is 2.75. The van der Waals surface area contributed by atoms with Crippen LogP contribution in [0.15, 0.2) is 0 Å². The van der Waals surface area contributed by atoms with Crippen molar-refractivity contribution in [2.24, 2.45) is 11.8 Å². The van der Waals surface area contributed by atoms with E-state index >= 15 is 0 Å². The van der Waals surface area contributed by atoms with Gasteiger partial charge in [-0.25, -0.2) is 0 Å². The zero-order valence-corrected chi connectivity index (χ0v) is 13.0. The Kier molecular flexibility index (Phi) is 4.41. The van der Waals surface area contributed by atoms with Gasteiger partial charge in [-0.15, -0.1) is 0 Å². The van der Waals surface area contributed by atoms with E-state index in [4.69, 9.17) is 9.16 Å². The molecule has 0 N–H and O–H groups in total. The first kappa shape index (κ1) is 14.7. The molecule has 1 aliphatic carbocycles. The first-order valence-electron chi connectivity index (χ1n) is 6.41. The molecule has 0 aliphatic heterocycles. The number of carbonyl (C=O) groups excluding carboxylic acids is 1. The molecule has 4 heteroatoms. The SMILES string of the molecule is COC(=O)[C@@H]1C[C@H]1CCO[Si](C)(C)C(C)(C)C. The predicted molar refractivity (Wildman–Crippen MR) is 71.4 cm³/mol. The number of ether oxygens (including phenoxy) is 1. The molecule has 0 aromatic heterocycles. The molecule has 3 nitrogen and oxygen atoms in total. The van der Waals surface area contributed by atoms with Crippen molar-refractivity contribution in [1.29, 1.82) is 0 Å². The Labute approximate surface area is 106 Å². The number of hydrogen-bond donors (Lipinski definition) is 0. The van der Waals surface area contributed by atoms with Gasteiger partial charge in [0.05, 0.1) is 13.0 Å². The van der Waals surface area contributed by atoms with Crippen molar-refractivity contribution < 1.29 is 14.0 Å². The van der Waals surface area contributed by atoms with Crippen LogP contribution in [0.2, 0.25) is 18.1 Å². The summed E-state index contributed by atoms with van der Waals surface area (Å²) in [6.07, 6.45) is 1.97. The Hall–Kier alpha value is -0.353. The van der Waals surface area contributed by atoms with Crippen molar-refractivity contribution in [2.75, 3.05) is 13.7 Å². The van der Waals surface area contributed by atoms with Gasteiger partial charge in [-0.1, -0.05) is 20.8 Å². The van der Waals surface area contributed by atoms with E-state index < -0.39 is 8.32 Å². The van der Waals surface area contributed by atoms with Gasteiger partial charge < -0.3 is 9.16 Å². The van der Waals surface area contributed by atoms with E-state index in [9.17, 15) is 4.79 Å². The molecule has 0 saturated heterocycles. The van der Waals surface area contributed by atoms with Crippen LogP contribution in [0.3, 0.4) is 0 Å². The van der Waals surface area contributed by atoms with Crippen molar-refractivity contribution in [2.45, 2.75) is 51.7 Å². The quantitative estimate of drug-likeness (QED) is 0.561. The molecule has 1 aliphatic rings. The minimum atomic E-state index is -1.62. The zero-order valence-electron chi connectivity index (χ0n) is 12.0. The Balaban J connectivity index is 2.24. The highest BCUT2D eigenvalue weighted by atomic mass is 28.4. The standard InChI is InChI=1S/C13H26O3Si/c1-13(2,3)17(5,6)16-8-7-10-9-11(10)12(14)15-4/h10-11H,7-9H2,1-6H3/t10-,11-/m1/s1. The van der Waals surface area contributed by atoms with Crippen molar-refractivity contribution in [3.63, 3.8) is 0 Å². The monoisotopic (exact) mass is 258 g/mol. The summed E-state index contributed by atoms with van der Waals surface area (Å²) in [4.78, 5) is 11.2. The lowest BCUT2D eigenvalue weighted by atomic mass is 10.2. The van der Waals surface area contributed by atoms with Crippen LogP contribution in [-0.2, 0) is 14.0 Å². The van der Waals surface area contributed by atoms with Gasteiger partial charge in [0.2, 0.25) is 0 Å². The molecular formula is C13H26O3Si. The first-order chi connectivity index (χ1) is 7.69. The van der Waals surface area contributed by atoms with Crippen LogP contribution in [0.1, 0.15) is 33.6 Å². The van der Waals surface area contributed by atoms with E-state index in [-0.39, 0.29) is 16.9 Å². The summed E-state index contributed by atoms with van der Waals surface area (Å²) >= 11 is 0. The topological polar surface area (TPSA) is 35.5 Å². The maximum atomic E-state index is 11.2. The molecule has 0 aromatic carbocycles. The van der Waals surface area contributed by atoms with E-state index in [1.54, 1.807) is 0 Å². The van der Waals surface area contributed by atoms with Crippen molar-refractivity contribution >= 4 is 14.3 Å². The summed E-state index contributed by atoms with van der Waals surface area (Å²) in [7, 11) is -0.156. The lowest BCUT2D eigenvalue weighted by molar-refractivity contribution is -0.142. The van der Waals surface area contributed by atoms with Gasteiger partial charge in [0.25, 0.3) is 0 Å². The van der Waals surface area contributed by atoms with Crippen LogP contribution in [0, 0.1) is 11.8 Å². The number of methoxy groups -OCH3 is 1. The fourth-order valence-electron chi connectivity index (χ4n) is 1.69. The highest BCUT2D eigenvalue weighted by molar-refractivity contribution is 6.74. The Morgan fingerprint density at radius 1 is 1.35 bits per heavy atom. The number of hydrogen-bond acceptors (Lipinski definition) is 3. The predicted octanol–water partition coefficient (Wildman–Crippen LogP) is 3.21. The molecule has 1 fully saturated rings. The van der Waals surface area contributed by atoms with Crippen LogP contribution in [-0.4, -0.2) is 28.0 Å². The third kappa shape index (κ3) is 3.81. The van der Waals surface area contributed by atoms with Crippen LogP contribution >= 0.6 is 0 Å². The normalized spacial score (nSPS) is 24.6. The minimum absolute atomic E-state index is 0.0534. The van der Waals surface area contributed by atoms with E-state index in [2.05, 4.69) is 33.9 Å². The van der Waals surface area contributed by atoms with Gasteiger partial charge in [-0.2, -0.15) is 0 Å². The van der Waals surface area contributed by atoms with Gasteiger partial charge in [0.15, 0.2) is 8.32 Å². The summed E-state index contributed by atoms with van der Waals surface area (Å²) in [5.74, 6) is 0.581. The van der Waals surface area contributed by atoms with Crippen LogP contribution in [0.4, 0.5) is 0 Å². The summed E-state index contributed by atoms with van der Waals surface area (Å²) in [5, 5.41) is 0.262. The van der Waals surface area contributed by atoms with E-state index in [1.807, 2.05) is 0 Å². The third-order valence-electron chi connectivity index (χ3n) is 4.18. The molecule has 2 atom stereocenters. The van der Waals surface area contributed by atoms with Gasteiger partial charge in [-0.05, 0) is 36.9 Å². The molecular weight excluding hydrogens is 232 g/mol. The molecule has 100 valence electrons. The lowest BCUT2D eigenvalue weighted by Gasteiger charge is -2.36. The van der Waals surface area contributed by atoms with E-state index in [1.165, 1.54) is 7.11 Å². The average molecular weight is 258 g/mol. The Morgan fingerprint density at radius 2 is 1.94 bits per heavy atom. The molecule has 0 radical (unpaired) electrons. The van der Waals surface area contributed by atoms with Crippen LogP contribution < -0.4 is 0 Å². The van der Waals surface area contributed by atoms with Gasteiger partial charge >= 0.3 is 5.97 Å². The minimum Gasteiger partial charge on any atom is -0.469 e. The van der Waals surface area contributed by atoms with Crippen LogP contribution in [0.5, 0.6) is 0 Å². The highest BCUT2D eigenvalue weighted by Crippen LogP contribution is 2.43. The molecule has 1 rings (SSSR count). The Morgan fingerprint density at radius 3 is 2.41 bits per heavy atom. The maximum absolute atomic E-state index is 11.2. The molecule has 1 saturated carbocycles. The summed E-state index contributed by atoms with van der Waals surface area (Å²) in [6, 6.07) is 0. The summed E-state index contributed by atoms with van der Waals surface area (Å²) < 4.78 is 10.8. The molecule has 0 bridgehead atoms. The van der Waals surface area contributed by atoms with Crippen molar-refractivity contribution in [3.8, 4) is 0 Å². The molecule has 17 heavy (non-hydrogen) atoms. The first-order valence-corrected chi connectivity index (χ1v) is 9.31. The molecule has 0 heterocycles. The van der Waals surface area contributed by atoms with Crippen molar-refractivity contribution in [1.82, 2.24) is 0 Å². The molecule has 0 aromatic rings. The van der Waals surface area contributed by atoms with E-state index in [0.29, 0.717) is 5.92 Å². The van der Waals surface area contributed by atoms with Crippen molar-refractivity contribution in [3.05, 3.63) is 0 Å². The highest BCUT2D eigenvalue weighted by Gasteiger charge is 2.44. The maximum Gasteiger partial charge on any atom is 0.308 e. The average Bonchev–Trinajstić information content (AvgIpc) is 2.94. The van der Waals surface area contributed by atoms with Gasteiger partial charge in [0, 0.05) is 6.61 Å². The van der Waals surface area contributed by atoms with Crippen LogP contribution in [0.25, 0.3) is 0 Å². The molecule has 0 spiro atoms. The fraction of sp³-hybridized carbons (Fsp3) is 0.923. The second-order valence-corrected chi connectivity index (χ2v) is 11.3. The Bertz CT molecular complexity index is 281. The van der Waals surface area contributed by atoms with Gasteiger partial charge in [-0.3, -0.25) is 4.79 Å². The summed E-state index contributed by atoms with van der Waals surface area (Å²) in [5.41, 5.74) is 0. The molecule has 0 amide bonds. The smallest absolute Gasteiger partial charge is 0.308 e. The number of carbonyl (C=O) groups is 1. The number of esters is 1. The lowest BCUT2D eigenvalue weighted by Crippen LogP contribution is -2.41. The molecule has 0 unspecified atom stereocenters.